The van der Waals surface area contributed by atoms with Crippen LogP contribution in [0.3, 0.4) is 0 Å². The summed E-state index contributed by atoms with van der Waals surface area (Å²) in [7, 11) is 1.85. The van der Waals surface area contributed by atoms with Gasteiger partial charge in [0.2, 0.25) is 0 Å². The molecule has 0 bridgehead atoms. The number of rotatable bonds is 4. The van der Waals surface area contributed by atoms with Crippen molar-refractivity contribution in [2.24, 2.45) is 7.05 Å². The van der Waals surface area contributed by atoms with Gasteiger partial charge in [0.15, 0.2) is 17.7 Å². The van der Waals surface area contributed by atoms with Crippen molar-refractivity contribution in [3.8, 4) is 28.4 Å². The van der Waals surface area contributed by atoms with E-state index < -0.39 is 0 Å². The van der Waals surface area contributed by atoms with Crippen molar-refractivity contribution < 1.29 is 9.21 Å². The second-order valence-electron chi connectivity index (χ2n) is 6.92. The number of benzene rings is 1. The summed E-state index contributed by atoms with van der Waals surface area (Å²) in [5.41, 5.74) is 5.46. The van der Waals surface area contributed by atoms with Gasteiger partial charge < -0.3 is 4.42 Å². The SMILES string of the molecule is Cc1cccc(-c2cc(C=O)n(-c3ccc4oc(-c5cnn(C)c5)cc4n3)n2)c1. The predicted molar refractivity (Wildman–Crippen MR) is 109 cm³/mol. The number of hydrogen-bond donors (Lipinski definition) is 0. The lowest BCUT2D eigenvalue weighted by Gasteiger charge is -2.02. The molecule has 4 heterocycles. The summed E-state index contributed by atoms with van der Waals surface area (Å²) >= 11 is 0. The highest BCUT2D eigenvalue weighted by atomic mass is 16.3. The molecule has 0 aliphatic rings. The van der Waals surface area contributed by atoms with E-state index in [0.717, 1.165) is 28.7 Å². The van der Waals surface area contributed by atoms with Crippen molar-refractivity contribution in [3.05, 3.63) is 72.2 Å². The van der Waals surface area contributed by atoms with Crippen LogP contribution in [0, 0.1) is 6.92 Å². The van der Waals surface area contributed by atoms with Crippen LogP contribution in [0.1, 0.15) is 16.1 Å². The molecule has 0 N–H and O–H groups in total. The molecule has 5 rings (SSSR count). The summed E-state index contributed by atoms with van der Waals surface area (Å²) in [5.74, 6) is 1.24. The lowest BCUT2D eigenvalue weighted by molar-refractivity contribution is 0.111. The predicted octanol–water partition coefficient (Wildman–Crippen LogP) is 4.20. The van der Waals surface area contributed by atoms with Crippen molar-refractivity contribution in [3.63, 3.8) is 0 Å². The molecule has 0 saturated heterocycles. The van der Waals surface area contributed by atoms with Crippen LogP contribution in [-0.2, 0) is 7.05 Å². The molecule has 0 atom stereocenters. The number of pyridine rings is 1. The van der Waals surface area contributed by atoms with E-state index >= 15 is 0 Å². The largest absolute Gasteiger partial charge is 0.454 e. The van der Waals surface area contributed by atoms with E-state index in [1.807, 2.05) is 56.6 Å². The monoisotopic (exact) mass is 383 g/mol. The Labute approximate surface area is 166 Å². The highest BCUT2D eigenvalue weighted by molar-refractivity contribution is 5.81. The number of nitrogens with zero attached hydrogens (tertiary/aromatic N) is 5. The summed E-state index contributed by atoms with van der Waals surface area (Å²) in [5, 5.41) is 8.79. The maximum absolute atomic E-state index is 11.7. The summed E-state index contributed by atoms with van der Waals surface area (Å²) in [6.45, 7) is 2.02. The molecule has 5 aromatic rings. The Morgan fingerprint density at radius 2 is 1.97 bits per heavy atom. The number of carbonyl (C=O) groups excluding carboxylic acids is 1. The van der Waals surface area contributed by atoms with Crippen LogP contribution in [0.15, 0.2) is 65.3 Å². The highest BCUT2D eigenvalue weighted by Crippen LogP contribution is 2.28. The molecule has 0 amide bonds. The molecule has 0 aliphatic carbocycles. The minimum atomic E-state index is 0.435. The molecule has 142 valence electrons. The van der Waals surface area contributed by atoms with Gasteiger partial charge in [-0.1, -0.05) is 23.8 Å². The number of aldehydes is 1. The second kappa shape index (κ2) is 6.56. The summed E-state index contributed by atoms with van der Waals surface area (Å²) < 4.78 is 9.16. The van der Waals surface area contributed by atoms with Gasteiger partial charge in [-0.25, -0.2) is 9.67 Å². The molecular formula is C22H17N5O2. The minimum absolute atomic E-state index is 0.435. The van der Waals surface area contributed by atoms with E-state index in [-0.39, 0.29) is 0 Å². The standard InChI is InChI=1S/C22H17N5O2/c1-14-4-3-5-15(8-14)18-9-17(13-28)27(25-18)22-7-6-20-19(24-22)10-21(29-20)16-11-23-26(2)12-16/h3-13H,1-2H3. The highest BCUT2D eigenvalue weighted by Gasteiger charge is 2.14. The molecular weight excluding hydrogens is 366 g/mol. The van der Waals surface area contributed by atoms with Crippen molar-refractivity contribution >= 4 is 17.4 Å². The molecule has 0 unspecified atom stereocenters. The first-order valence-corrected chi connectivity index (χ1v) is 9.13. The maximum Gasteiger partial charge on any atom is 0.168 e. The van der Waals surface area contributed by atoms with Gasteiger partial charge in [0.1, 0.15) is 17.0 Å². The molecule has 7 nitrogen and oxygen atoms in total. The summed E-state index contributed by atoms with van der Waals surface area (Å²) in [4.78, 5) is 16.3. The first-order chi connectivity index (χ1) is 14.1. The fourth-order valence-electron chi connectivity index (χ4n) is 3.33. The van der Waals surface area contributed by atoms with Gasteiger partial charge in [-0.15, -0.1) is 0 Å². The van der Waals surface area contributed by atoms with Crippen LogP contribution in [-0.4, -0.2) is 30.8 Å². The third kappa shape index (κ3) is 3.02. The zero-order valence-electron chi connectivity index (χ0n) is 15.9. The summed E-state index contributed by atoms with van der Waals surface area (Å²) in [6.07, 6.45) is 4.41. The Morgan fingerprint density at radius 1 is 1.07 bits per heavy atom. The number of carbonyl (C=O) groups is 1. The fourth-order valence-corrected chi connectivity index (χ4v) is 3.33. The molecule has 4 aromatic heterocycles. The minimum Gasteiger partial charge on any atom is -0.454 e. The van der Waals surface area contributed by atoms with E-state index in [9.17, 15) is 4.79 Å². The Balaban J connectivity index is 1.59. The zero-order chi connectivity index (χ0) is 20.0. The van der Waals surface area contributed by atoms with Gasteiger partial charge in [0, 0.05) is 24.9 Å². The number of furan rings is 1. The van der Waals surface area contributed by atoms with Gasteiger partial charge in [-0.2, -0.15) is 10.2 Å². The normalized spacial score (nSPS) is 11.2. The van der Waals surface area contributed by atoms with Gasteiger partial charge in [0.05, 0.1) is 17.5 Å². The molecule has 0 saturated carbocycles. The van der Waals surface area contributed by atoms with Crippen molar-refractivity contribution in [2.75, 3.05) is 0 Å². The van der Waals surface area contributed by atoms with E-state index in [0.29, 0.717) is 28.4 Å². The van der Waals surface area contributed by atoms with Gasteiger partial charge in [-0.3, -0.25) is 9.48 Å². The van der Waals surface area contributed by atoms with Crippen molar-refractivity contribution in [1.82, 2.24) is 24.5 Å². The Hall–Kier alpha value is -4.00. The number of hydrogen-bond acceptors (Lipinski definition) is 5. The van der Waals surface area contributed by atoms with E-state index in [2.05, 4.69) is 15.2 Å². The molecule has 0 aliphatic heterocycles. The van der Waals surface area contributed by atoms with Crippen LogP contribution >= 0.6 is 0 Å². The average Bonchev–Trinajstić information content (AvgIpc) is 3.44. The van der Waals surface area contributed by atoms with Crippen LogP contribution < -0.4 is 0 Å². The zero-order valence-corrected chi connectivity index (χ0v) is 15.9. The topological polar surface area (TPSA) is 78.7 Å². The van der Waals surface area contributed by atoms with Crippen molar-refractivity contribution in [2.45, 2.75) is 6.92 Å². The van der Waals surface area contributed by atoms with Gasteiger partial charge in [-0.05, 0) is 31.2 Å². The number of aromatic nitrogens is 5. The smallest absolute Gasteiger partial charge is 0.168 e. The third-order valence-electron chi connectivity index (χ3n) is 4.74. The van der Waals surface area contributed by atoms with E-state index in [1.165, 1.54) is 0 Å². The Bertz CT molecular complexity index is 1360. The van der Waals surface area contributed by atoms with Crippen LogP contribution in [0.5, 0.6) is 0 Å². The first kappa shape index (κ1) is 17.1. The van der Waals surface area contributed by atoms with E-state index in [1.54, 1.807) is 27.7 Å². The second-order valence-corrected chi connectivity index (χ2v) is 6.92. The number of fused-ring (bicyclic) bond motifs is 1. The molecule has 0 radical (unpaired) electrons. The molecule has 1 aromatic carbocycles. The first-order valence-electron chi connectivity index (χ1n) is 9.13. The summed E-state index contributed by atoms with van der Waals surface area (Å²) in [6, 6.07) is 15.3. The van der Waals surface area contributed by atoms with Crippen LogP contribution in [0.25, 0.3) is 39.5 Å². The lowest BCUT2D eigenvalue weighted by Crippen LogP contribution is -2.03. The quantitative estimate of drug-likeness (QED) is 0.435. The molecule has 7 heteroatoms. The maximum atomic E-state index is 11.7. The van der Waals surface area contributed by atoms with Gasteiger partial charge in [0.25, 0.3) is 0 Å². The Kier molecular flexibility index (Phi) is 3.87. The van der Waals surface area contributed by atoms with Crippen molar-refractivity contribution in [1.29, 1.82) is 0 Å². The van der Waals surface area contributed by atoms with Crippen LogP contribution in [0.2, 0.25) is 0 Å². The van der Waals surface area contributed by atoms with Gasteiger partial charge >= 0.3 is 0 Å². The third-order valence-corrected chi connectivity index (χ3v) is 4.74. The van der Waals surface area contributed by atoms with Crippen LogP contribution in [0.4, 0.5) is 0 Å². The average molecular weight is 383 g/mol. The molecule has 0 fully saturated rings. The lowest BCUT2D eigenvalue weighted by atomic mass is 10.1. The fraction of sp³-hybridized carbons (Fsp3) is 0.0909. The molecule has 0 spiro atoms. The Morgan fingerprint density at radius 3 is 2.72 bits per heavy atom. The number of aryl methyl sites for hydroxylation is 2. The molecule has 29 heavy (non-hydrogen) atoms. The van der Waals surface area contributed by atoms with E-state index in [4.69, 9.17) is 4.42 Å².